The molecule has 0 bridgehead atoms. The first kappa shape index (κ1) is 22.6. The van der Waals surface area contributed by atoms with Crippen LogP contribution in [0.5, 0.6) is 0 Å². The van der Waals surface area contributed by atoms with Gasteiger partial charge in [-0.05, 0) is 35.9 Å². The van der Waals surface area contributed by atoms with Gasteiger partial charge in [0.1, 0.15) is 5.82 Å². The summed E-state index contributed by atoms with van der Waals surface area (Å²) in [6.45, 7) is 0.404. The Hall–Kier alpha value is -2.60. The van der Waals surface area contributed by atoms with Gasteiger partial charge in [-0.1, -0.05) is 76.4 Å². The largest absolute Gasteiger partial charge is 0.390 e. The molecule has 0 spiro atoms. The fourth-order valence-electron chi connectivity index (χ4n) is 3.47. The summed E-state index contributed by atoms with van der Waals surface area (Å²) in [5.74, 6) is -1.03. The van der Waals surface area contributed by atoms with Crippen LogP contribution in [0.1, 0.15) is 27.9 Å². The van der Waals surface area contributed by atoms with E-state index in [-0.39, 0.29) is 18.7 Å². The summed E-state index contributed by atoms with van der Waals surface area (Å²) in [6.07, 6.45) is 0.0549. The van der Waals surface area contributed by atoms with Crippen LogP contribution in [0.2, 0.25) is 15.1 Å². The Bertz CT molecular complexity index is 1190. The Morgan fingerprint density at radius 1 is 1.00 bits per heavy atom. The number of amides is 1. The average Bonchev–Trinajstić information content (AvgIpc) is 3.25. The van der Waals surface area contributed by atoms with Crippen molar-refractivity contribution in [2.45, 2.75) is 19.1 Å². The normalized spacial score (nSPS) is 15.2. The van der Waals surface area contributed by atoms with E-state index in [0.29, 0.717) is 27.2 Å². The predicted octanol–water partition coefficient (Wildman–Crippen LogP) is 6.62. The molecule has 3 aromatic rings. The van der Waals surface area contributed by atoms with Crippen LogP contribution in [-0.2, 0) is 11.4 Å². The van der Waals surface area contributed by atoms with Crippen molar-refractivity contribution in [3.63, 3.8) is 0 Å². The highest BCUT2D eigenvalue weighted by Gasteiger charge is 2.29. The van der Waals surface area contributed by atoms with Crippen molar-refractivity contribution >= 4 is 46.4 Å². The molecule has 1 aliphatic rings. The molecule has 1 atom stereocenters. The third kappa shape index (κ3) is 5.07. The second-order valence-electron chi connectivity index (χ2n) is 7.36. The molecule has 0 saturated carbocycles. The molecule has 1 amide bonds. The Balaban J connectivity index is 1.54. The Kier molecular flexibility index (Phi) is 6.99. The summed E-state index contributed by atoms with van der Waals surface area (Å²) in [5, 5.41) is 5.56. The molecule has 8 heteroatoms. The number of benzene rings is 3. The van der Waals surface area contributed by atoms with Crippen LogP contribution in [-0.4, -0.2) is 29.2 Å². The molecular formula is C24H18Cl3FN2O2. The van der Waals surface area contributed by atoms with Crippen molar-refractivity contribution < 1.29 is 14.0 Å². The van der Waals surface area contributed by atoms with Crippen LogP contribution in [0.3, 0.4) is 0 Å². The number of carbonyl (C=O) groups is 1. The number of hydrogen-bond acceptors (Lipinski definition) is 3. The maximum Gasteiger partial charge on any atom is 0.257 e. The third-order valence-electron chi connectivity index (χ3n) is 5.12. The summed E-state index contributed by atoms with van der Waals surface area (Å²) in [7, 11) is 0. The van der Waals surface area contributed by atoms with Gasteiger partial charge in [-0.15, -0.1) is 0 Å². The monoisotopic (exact) mass is 490 g/mol. The second-order valence-corrected chi connectivity index (χ2v) is 8.58. The standard InChI is InChI=1S/C24H18Cl3FN2O2/c25-19-7-3-1-5-16(19)13-30(24(31)18-6-2-4-8-22(18)28)14-17-12-23(29-32-17)15-9-10-20(26)21(27)11-15/h1-11,17H,12-14H2/t17-/m1/s1. The van der Waals surface area contributed by atoms with Gasteiger partial charge in [0.2, 0.25) is 0 Å². The maximum atomic E-state index is 14.3. The minimum Gasteiger partial charge on any atom is -0.390 e. The van der Waals surface area contributed by atoms with Crippen molar-refractivity contribution in [3.8, 4) is 0 Å². The van der Waals surface area contributed by atoms with E-state index >= 15 is 0 Å². The first-order chi connectivity index (χ1) is 15.4. The predicted molar refractivity (Wildman–Crippen MR) is 125 cm³/mol. The van der Waals surface area contributed by atoms with Gasteiger partial charge in [0.25, 0.3) is 5.91 Å². The molecule has 4 rings (SSSR count). The van der Waals surface area contributed by atoms with Gasteiger partial charge in [0.15, 0.2) is 6.10 Å². The number of rotatable bonds is 6. The van der Waals surface area contributed by atoms with E-state index in [1.165, 1.54) is 17.0 Å². The van der Waals surface area contributed by atoms with Crippen LogP contribution in [0.4, 0.5) is 4.39 Å². The number of nitrogens with zero attached hydrogens (tertiary/aromatic N) is 2. The van der Waals surface area contributed by atoms with E-state index in [9.17, 15) is 9.18 Å². The Labute approximate surface area is 200 Å². The molecule has 1 aliphatic heterocycles. The first-order valence-electron chi connectivity index (χ1n) is 9.87. The molecular weight excluding hydrogens is 474 g/mol. The van der Waals surface area contributed by atoms with Crippen LogP contribution in [0.15, 0.2) is 71.9 Å². The zero-order valence-electron chi connectivity index (χ0n) is 16.8. The van der Waals surface area contributed by atoms with E-state index in [2.05, 4.69) is 5.16 Å². The SMILES string of the molecule is O=C(c1ccccc1F)N(Cc1ccccc1Cl)C[C@H]1CC(c2ccc(Cl)c(Cl)c2)=NO1. The van der Waals surface area contributed by atoms with Crippen molar-refractivity contribution in [1.82, 2.24) is 4.90 Å². The van der Waals surface area contributed by atoms with E-state index in [0.717, 1.165) is 11.1 Å². The number of hydrogen-bond donors (Lipinski definition) is 0. The van der Waals surface area contributed by atoms with Crippen molar-refractivity contribution in [2.75, 3.05) is 6.54 Å². The molecule has 4 nitrogen and oxygen atoms in total. The minimum absolute atomic E-state index is 0.0109. The molecule has 3 aromatic carbocycles. The molecule has 0 aromatic heterocycles. The minimum atomic E-state index is -0.582. The van der Waals surface area contributed by atoms with Gasteiger partial charge in [-0.2, -0.15) is 0 Å². The van der Waals surface area contributed by atoms with Gasteiger partial charge in [-0.25, -0.2) is 4.39 Å². The lowest BCUT2D eigenvalue weighted by Crippen LogP contribution is -2.37. The maximum absolute atomic E-state index is 14.3. The van der Waals surface area contributed by atoms with Gasteiger partial charge < -0.3 is 9.74 Å². The zero-order valence-corrected chi connectivity index (χ0v) is 19.0. The number of oxime groups is 1. The van der Waals surface area contributed by atoms with E-state index < -0.39 is 17.8 Å². The first-order valence-corrected chi connectivity index (χ1v) is 11.0. The van der Waals surface area contributed by atoms with Gasteiger partial charge >= 0.3 is 0 Å². The second kappa shape index (κ2) is 9.90. The third-order valence-corrected chi connectivity index (χ3v) is 6.23. The highest BCUT2D eigenvalue weighted by Crippen LogP contribution is 2.27. The lowest BCUT2D eigenvalue weighted by molar-refractivity contribution is 0.0402. The molecule has 0 fully saturated rings. The molecule has 0 unspecified atom stereocenters. The summed E-state index contributed by atoms with van der Waals surface area (Å²) < 4.78 is 14.3. The van der Waals surface area contributed by atoms with Crippen molar-refractivity contribution in [3.05, 3.63) is 104 Å². The Morgan fingerprint density at radius 3 is 2.50 bits per heavy atom. The molecule has 0 N–H and O–H groups in total. The topological polar surface area (TPSA) is 41.9 Å². The van der Waals surface area contributed by atoms with E-state index in [1.54, 1.807) is 30.3 Å². The summed E-state index contributed by atoms with van der Waals surface area (Å²) in [4.78, 5) is 20.3. The zero-order chi connectivity index (χ0) is 22.7. The van der Waals surface area contributed by atoms with E-state index in [1.807, 2.05) is 24.3 Å². The fourth-order valence-corrected chi connectivity index (χ4v) is 3.97. The van der Waals surface area contributed by atoms with Crippen molar-refractivity contribution in [2.24, 2.45) is 5.16 Å². The molecule has 0 aliphatic carbocycles. The average molecular weight is 492 g/mol. The highest BCUT2D eigenvalue weighted by atomic mass is 35.5. The van der Waals surface area contributed by atoms with E-state index in [4.69, 9.17) is 39.6 Å². The van der Waals surface area contributed by atoms with Crippen LogP contribution >= 0.6 is 34.8 Å². The van der Waals surface area contributed by atoms with Gasteiger partial charge in [0.05, 0.1) is 27.9 Å². The lowest BCUT2D eigenvalue weighted by Gasteiger charge is -2.25. The Morgan fingerprint density at radius 2 is 1.75 bits per heavy atom. The molecule has 164 valence electrons. The summed E-state index contributed by atoms with van der Waals surface area (Å²) in [5.41, 5.74) is 2.23. The number of halogens is 4. The van der Waals surface area contributed by atoms with Crippen LogP contribution in [0, 0.1) is 5.82 Å². The lowest BCUT2D eigenvalue weighted by atomic mass is 10.0. The summed E-state index contributed by atoms with van der Waals surface area (Å²) in [6, 6.07) is 18.4. The molecule has 1 heterocycles. The quantitative estimate of drug-likeness (QED) is 0.389. The highest BCUT2D eigenvalue weighted by molar-refractivity contribution is 6.42. The van der Waals surface area contributed by atoms with Crippen LogP contribution in [0.25, 0.3) is 0 Å². The fraction of sp³-hybridized carbons (Fsp3) is 0.167. The molecule has 0 radical (unpaired) electrons. The van der Waals surface area contributed by atoms with Gasteiger partial charge in [-0.3, -0.25) is 4.79 Å². The molecule has 32 heavy (non-hydrogen) atoms. The van der Waals surface area contributed by atoms with Gasteiger partial charge in [0, 0.05) is 23.6 Å². The van der Waals surface area contributed by atoms with Crippen molar-refractivity contribution in [1.29, 1.82) is 0 Å². The van der Waals surface area contributed by atoms with Crippen LogP contribution < -0.4 is 0 Å². The number of carbonyl (C=O) groups excluding carboxylic acids is 1. The smallest absolute Gasteiger partial charge is 0.257 e. The summed E-state index contributed by atoms with van der Waals surface area (Å²) >= 11 is 18.4. The molecule has 0 saturated heterocycles.